The maximum atomic E-state index is 10.5. The molecule has 0 amide bonds. The Labute approximate surface area is 148 Å². The Balaban J connectivity index is 1.58. The minimum Gasteiger partial charge on any atom is -0.495 e. The van der Waals surface area contributed by atoms with Crippen LogP contribution >= 0.6 is 11.6 Å². The van der Waals surface area contributed by atoms with Crippen LogP contribution in [0.4, 0.5) is 5.69 Å². The van der Waals surface area contributed by atoms with E-state index in [9.17, 15) is 5.11 Å². The monoisotopic (exact) mass is 346 g/mol. The van der Waals surface area contributed by atoms with Gasteiger partial charge in [0.1, 0.15) is 5.75 Å². The quantitative estimate of drug-likeness (QED) is 0.902. The standard InChI is InChI=1S/C19H23ClN2O2/c1-24-19-9-5-4-8-17(19)22-12-10-21(11-13-22)14-18(23)15-6-2-3-7-16(15)20/h2-9,18,23H,10-14H2,1H3. The van der Waals surface area contributed by atoms with Crippen molar-refractivity contribution in [3.05, 3.63) is 59.1 Å². The maximum Gasteiger partial charge on any atom is 0.142 e. The van der Waals surface area contributed by atoms with E-state index in [4.69, 9.17) is 16.3 Å². The molecule has 4 nitrogen and oxygen atoms in total. The average Bonchev–Trinajstić information content (AvgIpc) is 2.62. The van der Waals surface area contributed by atoms with Crippen LogP contribution in [0, 0.1) is 0 Å². The predicted octanol–water partition coefficient (Wildman–Crippen LogP) is 3.20. The lowest BCUT2D eigenvalue weighted by molar-refractivity contribution is 0.109. The van der Waals surface area contributed by atoms with Gasteiger partial charge in [0.05, 0.1) is 18.9 Å². The predicted molar refractivity (Wildman–Crippen MR) is 98.1 cm³/mol. The molecule has 24 heavy (non-hydrogen) atoms. The lowest BCUT2D eigenvalue weighted by atomic mass is 10.1. The molecule has 1 unspecified atom stereocenters. The minimum absolute atomic E-state index is 0.559. The first-order valence-electron chi connectivity index (χ1n) is 8.22. The van der Waals surface area contributed by atoms with Gasteiger partial charge in [0.15, 0.2) is 0 Å². The number of aliphatic hydroxyl groups excluding tert-OH is 1. The number of anilines is 1. The van der Waals surface area contributed by atoms with E-state index >= 15 is 0 Å². The summed E-state index contributed by atoms with van der Waals surface area (Å²) in [5.74, 6) is 0.905. The Morgan fingerprint density at radius 2 is 1.71 bits per heavy atom. The van der Waals surface area contributed by atoms with Crippen molar-refractivity contribution >= 4 is 17.3 Å². The van der Waals surface area contributed by atoms with Gasteiger partial charge >= 0.3 is 0 Å². The van der Waals surface area contributed by atoms with E-state index in [1.54, 1.807) is 7.11 Å². The molecule has 0 saturated carbocycles. The molecular weight excluding hydrogens is 324 g/mol. The zero-order chi connectivity index (χ0) is 16.9. The van der Waals surface area contributed by atoms with E-state index in [2.05, 4.69) is 15.9 Å². The summed E-state index contributed by atoms with van der Waals surface area (Å²) < 4.78 is 5.45. The molecule has 0 aromatic heterocycles. The number of ether oxygens (including phenoxy) is 1. The Bertz CT molecular complexity index is 672. The van der Waals surface area contributed by atoms with E-state index in [0.717, 1.165) is 43.2 Å². The highest BCUT2D eigenvalue weighted by Crippen LogP contribution is 2.29. The summed E-state index contributed by atoms with van der Waals surface area (Å²) in [5.41, 5.74) is 1.93. The van der Waals surface area contributed by atoms with E-state index in [-0.39, 0.29) is 0 Å². The zero-order valence-electron chi connectivity index (χ0n) is 13.9. The SMILES string of the molecule is COc1ccccc1N1CCN(CC(O)c2ccccc2Cl)CC1. The second-order valence-electron chi connectivity index (χ2n) is 6.00. The van der Waals surface area contributed by atoms with Crippen molar-refractivity contribution in [1.29, 1.82) is 0 Å². The van der Waals surface area contributed by atoms with Gasteiger partial charge in [0.2, 0.25) is 0 Å². The van der Waals surface area contributed by atoms with Crippen molar-refractivity contribution in [2.45, 2.75) is 6.10 Å². The number of methoxy groups -OCH3 is 1. The Morgan fingerprint density at radius 3 is 2.42 bits per heavy atom. The van der Waals surface area contributed by atoms with Crippen LogP contribution in [0.15, 0.2) is 48.5 Å². The summed E-state index contributed by atoms with van der Waals surface area (Å²) in [6.07, 6.45) is -0.559. The van der Waals surface area contributed by atoms with E-state index in [1.807, 2.05) is 42.5 Å². The number of halogens is 1. The first-order valence-corrected chi connectivity index (χ1v) is 8.59. The van der Waals surface area contributed by atoms with Crippen LogP contribution in [-0.4, -0.2) is 49.8 Å². The minimum atomic E-state index is -0.559. The number of nitrogens with zero attached hydrogens (tertiary/aromatic N) is 2. The Kier molecular flexibility index (Phi) is 5.61. The molecule has 2 aromatic rings. The molecule has 0 spiro atoms. The topological polar surface area (TPSA) is 35.9 Å². The highest BCUT2D eigenvalue weighted by atomic mass is 35.5. The first-order chi connectivity index (χ1) is 11.7. The van der Waals surface area contributed by atoms with Crippen LogP contribution in [0.1, 0.15) is 11.7 Å². The smallest absolute Gasteiger partial charge is 0.142 e. The molecule has 1 saturated heterocycles. The van der Waals surface area contributed by atoms with E-state index < -0.39 is 6.10 Å². The van der Waals surface area contributed by atoms with Crippen molar-refractivity contribution in [2.24, 2.45) is 0 Å². The van der Waals surface area contributed by atoms with Crippen molar-refractivity contribution < 1.29 is 9.84 Å². The Morgan fingerprint density at radius 1 is 1.04 bits per heavy atom. The molecule has 1 fully saturated rings. The highest BCUT2D eigenvalue weighted by molar-refractivity contribution is 6.31. The van der Waals surface area contributed by atoms with Crippen LogP contribution in [-0.2, 0) is 0 Å². The van der Waals surface area contributed by atoms with E-state index in [1.165, 1.54) is 0 Å². The summed E-state index contributed by atoms with van der Waals surface area (Å²) in [6.45, 7) is 4.23. The number of hydrogen-bond acceptors (Lipinski definition) is 4. The summed E-state index contributed by atoms with van der Waals surface area (Å²) in [5, 5.41) is 11.1. The van der Waals surface area contributed by atoms with Gasteiger partial charge in [-0.3, -0.25) is 4.90 Å². The number of para-hydroxylation sites is 2. The fraction of sp³-hybridized carbons (Fsp3) is 0.368. The van der Waals surface area contributed by atoms with Crippen LogP contribution < -0.4 is 9.64 Å². The molecule has 0 radical (unpaired) electrons. The first kappa shape index (κ1) is 17.1. The molecule has 5 heteroatoms. The molecule has 2 aromatic carbocycles. The van der Waals surface area contributed by atoms with Gasteiger partial charge in [0.25, 0.3) is 0 Å². The van der Waals surface area contributed by atoms with Crippen LogP contribution in [0.5, 0.6) is 5.75 Å². The molecule has 1 N–H and O–H groups in total. The highest BCUT2D eigenvalue weighted by Gasteiger charge is 2.22. The number of hydrogen-bond donors (Lipinski definition) is 1. The normalized spacial score (nSPS) is 16.9. The number of β-amino-alcohol motifs (C(OH)–C–C–N with tert-alkyl or cyclic N) is 1. The lowest BCUT2D eigenvalue weighted by Gasteiger charge is -2.37. The van der Waals surface area contributed by atoms with Gasteiger partial charge in [-0.2, -0.15) is 0 Å². The summed E-state index contributed by atoms with van der Waals surface area (Å²) in [4.78, 5) is 4.61. The fourth-order valence-electron chi connectivity index (χ4n) is 3.15. The van der Waals surface area contributed by atoms with Crippen LogP contribution in [0.3, 0.4) is 0 Å². The van der Waals surface area contributed by atoms with Crippen LogP contribution in [0.2, 0.25) is 5.02 Å². The largest absolute Gasteiger partial charge is 0.495 e. The maximum absolute atomic E-state index is 10.5. The third kappa shape index (κ3) is 3.83. The molecular formula is C19H23ClN2O2. The van der Waals surface area contributed by atoms with Gasteiger partial charge in [0, 0.05) is 43.3 Å². The van der Waals surface area contributed by atoms with Gasteiger partial charge < -0.3 is 14.7 Å². The second kappa shape index (κ2) is 7.88. The molecule has 1 aliphatic heterocycles. The summed E-state index contributed by atoms with van der Waals surface area (Å²) in [6, 6.07) is 15.6. The molecule has 0 aliphatic carbocycles. The van der Waals surface area contributed by atoms with Crippen molar-refractivity contribution in [2.75, 3.05) is 44.7 Å². The molecule has 128 valence electrons. The van der Waals surface area contributed by atoms with Crippen molar-refractivity contribution in [3.8, 4) is 5.75 Å². The fourth-order valence-corrected chi connectivity index (χ4v) is 3.41. The van der Waals surface area contributed by atoms with Crippen molar-refractivity contribution in [3.63, 3.8) is 0 Å². The third-order valence-corrected chi connectivity index (χ3v) is 4.84. The van der Waals surface area contributed by atoms with E-state index in [0.29, 0.717) is 11.6 Å². The number of rotatable bonds is 5. The van der Waals surface area contributed by atoms with Gasteiger partial charge in [-0.05, 0) is 18.2 Å². The summed E-state index contributed by atoms with van der Waals surface area (Å²) >= 11 is 6.17. The van der Waals surface area contributed by atoms with Crippen molar-refractivity contribution in [1.82, 2.24) is 4.90 Å². The number of piperazine rings is 1. The third-order valence-electron chi connectivity index (χ3n) is 4.49. The van der Waals surface area contributed by atoms with Gasteiger partial charge in [-0.1, -0.05) is 41.9 Å². The lowest BCUT2D eigenvalue weighted by Crippen LogP contribution is -2.47. The van der Waals surface area contributed by atoms with Gasteiger partial charge in [-0.25, -0.2) is 0 Å². The number of aliphatic hydroxyl groups is 1. The molecule has 1 heterocycles. The average molecular weight is 347 g/mol. The molecule has 3 rings (SSSR count). The van der Waals surface area contributed by atoms with Gasteiger partial charge in [-0.15, -0.1) is 0 Å². The zero-order valence-corrected chi connectivity index (χ0v) is 14.6. The van der Waals surface area contributed by atoms with Crippen LogP contribution in [0.25, 0.3) is 0 Å². The second-order valence-corrected chi connectivity index (χ2v) is 6.40. The molecule has 1 aliphatic rings. The molecule has 0 bridgehead atoms. The molecule has 1 atom stereocenters. The Hall–Kier alpha value is -1.75. The summed E-state index contributed by atoms with van der Waals surface area (Å²) in [7, 11) is 1.70. The number of benzene rings is 2.